The van der Waals surface area contributed by atoms with Crippen LogP contribution in [-0.4, -0.2) is 30.8 Å². The lowest BCUT2D eigenvalue weighted by molar-refractivity contribution is 0.0822. The first-order chi connectivity index (χ1) is 12.8. The van der Waals surface area contributed by atoms with Gasteiger partial charge in [-0.05, 0) is 48.0 Å². The van der Waals surface area contributed by atoms with Crippen molar-refractivity contribution in [3.63, 3.8) is 0 Å². The van der Waals surface area contributed by atoms with Gasteiger partial charge in [-0.25, -0.2) is 8.78 Å². The fourth-order valence-corrected chi connectivity index (χ4v) is 3.34. The molecular weight excluding hydrogens is 370 g/mol. The van der Waals surface area contributed by atoms with E-state index in [0.717, 1.165) is 16.5 Å². The Morgan fingerprint density at radius 2 is 1.67 bits per heavy atom. The molecule has 0 unspecified atom stereocenters. The van der Waals surface area contributed by atoms with E-state index in [2.05, 4.69) is 5.32 Å². The molecule has 2 amide bonds. The highest BCUT2D eigenvalue weighted by atomic mass is 32.1. The maximum atomic E-state index is 13.9. The van der Waals surface area contributed by atoms with Crippen LogP contribution in [0, 0.1) is 11.6 Å². The van der Waals surface area contributed by atoms with E-state index in [1.807, 2.05) is 0 Å². The van der Waals surface area contributed by atoms with Crippen LogP contribution in [0.25, 0.3) is 10.4 Å². The highest BCUT2D eigenvalue weighted by Crippen LogP contribution is 2.29. The van der Waals surface area contributed by atoms with Crippen molar-refractivity contribution in [2.24, 2.45) is 0 Å². The number of carbonyl (C=O) groups excluding carboxylic acids is 2. The second kappa shape index (κ2) is 7.67. The summed E-state index contributed by atoms with van der Waals surface area (Å²) in [5.74, 6) is -1.84. The highest BCUT2D eigenvalue weighted by Gasteiger charge is 2.16. The van der Waals surface area contributed by atoms with Crippen LogP contribution >= 0.6 is 11.3 Å². The Morgan fingerprint density at radius 3 is 2.33 bits per heavy atom. The Morgan fingerprint density at radius 1 is 0.963 bits per heavy atom. The molecule has 1 aromatic heterocycles. The second-order valence-electron chi connectivity index (χ2n) is 6.02. The van der Waals surface area contributed by atoms with Gasteiger partial charge in [-0.2, -0.15) is 0 Å². The van der Waals surface area contributed by atoms with E-state index in [0.29, 0.717) is 10.6 Å². The molecule has 0 aliphatic heterocycles. The van der Waals surface area contributed by atoms with Crippen molar-refractivity contribution in [2.75, 3.05) is 19.4 Å². The largest absolute Gasteiger partial charge is 0.345 e. The SMILES string of the molecule is CN(C)C(=O)c1cc(NC(=O)c2ccc(-c3ccc(F)cc3)s2)ccc1F. The van der Waals surface area contributed by atoms with E-state index in [4.69, 9.17) is 0 Å². The molecule has 2 aromatic carbocycles. The van der Waals surface area contributed by atoms with Gasteiger partial charge in [-0.3, -0.25) is 9.59 Å². The second-order valence-corrected chi connectivity index (χ2v) is 7.10. The molecule has 7 heteroatoms. The van der Waals surface area contributed by atoms with E-state index >= 15 is 0 Å². The van der Waals surface area contributed by atoms with Gasteiger partial charge in [0.2, 0.25) is 0 Å². The molecule has 0 aliphatic carbocycles. The van der Waals surface area contributed by atoms with Crippen molar-refractivity contribution in [2.45, 2.75) is 0 Å². The number of nitrogens with zero attached hydrogens (tertiary/aromatic N) is 1. The first-order valence-corrected chi connectivity index (χ1v) is 8.85. The highest BCUT2D eigenvalue weighted by molar-refractivity contribution is 7.17. The summed E-state index contributed by atoms with van der Waals surface area (Å²) in [5.41, 5.74) is 1.01. The molecule has 3 aromatic rings. The minimum absolute atomic E-state index is 0.115. The quantitative estimate of drug-likeness (QED) is 0.710. The maximum Gasteiger partial charge on any atom is 0.265 e. The first-order valence-electron chi connectivity index (χ1n) is 8.03. The van der Waals surface area contributed by atoms with Gasteiger partial charge in [0.05, 0.1) is 10.4 Å². The summed E-state index contributed by atoms with van der Waals surface area (Å²) in [6.07, 6.45) is 0. The molecule has 1 heterocycles. The van der Waals surface area contributed by atoms with E-state index in [1.54, 1.807) is 24.3 Å². The van der Waals surface area contributed by atoms with Crippen LogP contribution in [0.4, 0.5) is 14.5 Å². The zero-order valence-corrected chi connectivity index (χ0v) is 15.4. The zero-order valence-electron chi connectivity index (χ0n) is 14.6. The summed E-state index contributed by atoms with van der Waals surface area (Å²) in [6.45, 7) is 0. The van der Waals surface area contributed by atoms with Gasteiger partial charge >= 0.3 is 0 Å². The minimum atomic E-state index is -0.651. The van der Waals surface area contributed by atoms with Crippen LogP contribution in [0.1, 0.15) is 20.0 Å². The van der Waals surface area contributed by atoms with E-state index in [9.17, 15) is 18.4 Å². The van der Waals surface area contributed by atoms with Crippen molar-refractivity contribution in [1.82, 2.24) is 4.90 Å². The van der Waals surface area contributed by atoms with Gasteiger partial charge in [0.15, 0.2) is 0 Å². The van der Waals surface area contributed by atoms with E-state index in [1.165, 1.54) is 54.6 Å². The van der Waals surface area contributed by atoms with Crippen LogP contribution in [0.5, 0.6) is 0 Å². The average Bonchev–Trinajstić information content (AvgIpc) is 3.13. The van der Waals surface area contributed by atoms with Crippen molar-refractivity contribution in [3.8, 4) is 10.4 Å². The number of anilines is 1. The van der Waals surface area contributed by atoms with Gasteiger partial charge in [-0.1, -0.05) is 12.1 Å². The molecule has 0 radical (unpaired) electrons. The normalized spacial score (nSPS) is 10.5. The van der Waals surface area contributed by atoms with Crippen LogP contribution < -0.4 is 5.32 Å². The Bertz CT molecular complexity index is 997. The van der Waals surface area contributed by atoms with E-state index in [-0.39, 0.29) is 17.3 Å². The molecule has 0 aliphatic rings. The number of hydrogen-bond donors (Lipinski definition) is 1. The Kier molecular flexibility index (Phi) is 5.32. The molecular formula is C20H16F2N2O2S. The summed E-state index contributed by atoms with van der Waals surface area (Å²) in [6, 6.07) is 13.3. The van der Waals surface area contributed by atoms with Crippen molar-refractivity contribution >= 4 is 28.8 Å². The van der Waals surface area contributed by atoms with Crippen molar-refractivity contribution < 1.29 is 18.4 Å². The van der Waals surface area contributed by atoms with Crippen molar-refractivity contribution in [1.29, 1.82) is 0 Å². The molecule has 0 saturated heterocycles. The standard InChI is InChI=1S/C20H16F2N2O2S/c1-24(2)20(26)15-11-14(7-8-16(15)22)23-19(25)18-10-9-17(27-18)12-3-5-13(21)6-4-12/h3-11H,1-2H3,(H,23,25). The molecule has 3 rings (SSSR count). The molecule has 4 nitrogen and oxygen atoms in total. The summed E-state index contributed by atoms with van der Waals surface area (Å²) in [5, 5.41) is 2.67. The number of amides is 2. The molecule has 138 valence electrons. The molecule has 0 saturated carbocycles. The number of rotatable bonds is 4. The number of halogens is 2. The monoisotopic (exact) mass is 386 g/mol. The van der Waals surface area contributed by atoms with Crippen LogP contribution in [0.3, 0.4) is 0 Å². The zero-order chi connectivity index (χ0) is 19.6. The Hall–Kier alpha value is -3.06. The lowest BCUT2D eigenvalue weighted by Gasteiger charge is -2.12. The molecule has 0 bridgehead atoms. The molecule has 1 N–H and O–H groups in total. The molecule has 0 spiro atoms. The number of benzene rings is 2. The fourth-order valence-electron chi connectivity index (χ4n) is 2.43. The van der Waals surface area contributed by atoms with Gasteiger partial charge in [0.25, 0.3) is 11.8 Å². The smallest absolute Gasteiger partial charge is 0.265 e. The van der Waals surface area contributed by atoms with Crippen LogP contribution in [0.15, 0.2) is 54.6 Å². The first kappa shape index (κ1) is 18.7. The molecule has 0 fully saturated rings. The Labute approximate surface area is 159 Å². The third kappa shape index (κ3) is 4.20. The summed E-state index contributed by atoms with van der Waals surface area (Å²) in [7, 11) is 3.05. The van der Waals surface area contributed by atoms with E-state index < -0.39 is 11.7 Å². The predicted molar refractivity (Wildman–Crippen MR) is 102 cm³/mol. The lowest BCUT2D eigenvalue weighted by atomic mass is 10.1. The van der Waals surface area contributed by atoms with Gasteiger partial charge in [0, 0.05) is 24.7 Å². The van der Waals surface area contributed by atoms with Gasteiger partial charge < -0.3 is 10.2 Å². The van der Waals surface area contributed by atoms with Crippen LogP contribution in [-0.2, 0) is 0 Å². The average molecular weight is 386 g/mol. The summed E-state index contributed by atoms with van der Waals surface area (Å²) < 4.78 is 26.9. The van der Waals surface area contributed by atoms with Gasteiger partial charge in [-0.15, -0.1) is 11.3 Å². The topological polar surface area (TPSA) is 49.4 Å². The fraction of sp³-hybridized carbons (Fsp3) is 0.100. The van der Waals surface area contributed by atoms with Crippen LogP contribution in [0.2, 0.25) is 0 Å². The number of hydrogen-bond acceptors (Lipinski definition) is 3. The summed E-state index contributed by atoms with van der Waals surface area (Å²) >= 11 is 1.25. The number of nitrogens with one attached hydrogen (secondary N) is 1. The minimum Gasteiger partial charge on any atom is -0.345 e. The summed E-state index contributed by atoms with van der Waals surface area (Å²) in [4.78, 5) is 27.0. The maximum absolute atomic E-state index is 13.9. The molecule has 27 heavy (non-hydrogen) atoms. The number of thiophene rings is 1. The van der Waals surface area contributed by atoms with Gasteiger partial charge in [0.1, 0.15) is 11.6 Å². The van der Waals surface area contributed by atoms with Crippen molar-refractivity contribution in [3.05, 3.63) is 76.7 Å². The molecule has 0 atom stereocenters. The predicted octanol–water partition coefficient (Wildman–Crippen LogP) is 4.65. The Balaban J connectivity index is 1.79. The number of carbonyl (C=O) groups is 2. The third-order valence-electron chi connectivity index (χ3n) is 3.82. The third-order valence-corrected chi connectivity index (χ3v) is 4.95. The lowest BCUT2D eigenvalue weighted by Crippen LogP contribution is -2.23.